The summed E-state index contributed by atoms with van der Waals surface area (Å²) in [5.41, 5.74) is 3.22. The Balaban J connectivity index is 2.53. The van der Waals surface area contributed by atoms with Gasteiger partial charge in [-0.3, -0.25) is 4.79 Å². The Bertz CT molecular complexity index is 589. The fourth-order valence-electron chi connectivity index (χ4n) is 1.61. The molecule has 0 spiro atoms. The molecule has 0 atom stereocenters. The van der Waals surface area contributed by atoms with Crippen LogP contribution in [0.15, 0.2) is 22.7 Å². The van der Waals surface area contributed by atoms with Gasteiger partial charge in [0.2, 0.25) is 0 Å². The summed E-state index contributed by atoms with van der Waals surface area (Å²) in [5.74, 6) is -0.0695. The number of carbonyl (C=O) groups excluding carboxylic acids is 1. The van der Waals surface area contributed by atoms with Crippen molar-refractivity contribution in [2.45, 2.75) is 20.8 Å². The number of aryl methyl sites for hydroxylation is 1. The third-order valence-corrected chi connectivity index (χ3v) is 3.48. The van der Waals surface area contributed by atoms with Gasteiger partial charge in [0.1, 0.15) is 0 Å². The van der Waals surface area contributed by atoms with Gasteiger partial charge in [0.05, 0.1) is 11.4 Å². The van der Waals surface area contributed by atoms with Gasteiger partial charge >= 0.3 is 0 Å². The smallest absolute Gasteiger partial charge is 0.181 e. The third kappa shape index (κ3) is 2.15. The first-order valence-corrected chi connectivity index (χ1v) is 5.99. The Morgan fingerprint density at radius 2 is 2.06 bits per heavy atom. The topological polar surface area (TPSA) is 47.8 Å². The van der Waals surface area contributed by atoms with Crippen LogP contribution in [0.2, 0.25) is 0 Å². The van der Waals surface area contributed by atoms with E-state index in [9.17, 15) is 4.79 Å². The fraction of sp³-hybridized carbons (Fsp3) is 0.250. The quantitative estimate of drug-likeness (QED) is 0.800. The molecule has 0 saturated carbocycles. The lowest BCUT2D eigenvalue weighted by Crippen LogP contribution is -2.01. The Kier molecular flexibility index (Phi) is 3.11. The second-order valence-corrected chi connectivity index (χ2v) is 4.78. The molecule has 2 aromatic rings. The molecule has 88 valence electrons. The minimum Gasteiger partial charge on any atom is -0.293 e. The van der Waals surface area contributed by atoms with Gasteiger partial charge < -0.3 is 0 Å². The molecule has 0 fully saturated rings. The molecular weight excluding hydrogens is 282 g/mol. The summed E-state index contributed by atoms with van der Waals surface area (Å²) < 4.78 is 2.68. The molecule has 4 nitrogen and oxygen atoms in total. The average Bonchev–Trinajstić information content (AvgIpc) is 2.64. The van der Waals surface area contributed by atoms with Crippen molar-refractivity contribution in [3.63, 3.8) is 0 Å². The van der Waals surface area contributed by atoms with Gasteiger partial charge in [0.25, 0.3) is 0 Å². The van der Waals surface area contributed by atoms with E-state index in [0.717, 1.165) is 21.4 Å². The lowest BCUT2D eigenvalue weighted by Gasteiger charge is -2.05. The van der Waals surface area contributed by atoms with Crippen LogP contribution >= 0.6 is 15.9 Å². The normalized spacial score (nSPS) is 10.6. The minimum absolute atomic E-state index is 0.0695. The first kappa shape index (κ1) is 12.0. The van der Waals surface area contributed by atoms with Gasteiger partial charge in [-0.05, 0) is 31.5 Å². The van der Waals surface area contributed by atoms with E-state index in [1.807, 2.05) is 32.0 Å². The molecule has 0 saturated heterocycles. The minimum atomic E-state index is -0.0695. The van der Waals surface area contributed by atoms with E-state index in [1.54, 1.807) is 4.68 Å². The number of carbonyl (C=O) groups is 1. The van der Waals surface area contributed by atoms with E-state index in [0.29, 0.717) is 5.69 Å². The van der Waals surface area contributed by atoms with Crippen molar-refractivity contribution in [2.75, 3.05) is 0 Å². The second-order valence-electron chi connectivity index (χ2n) is 3.92. The van der Waals surface area contributed by atoms with Crippen LogP contribution in [0.5, 0.6) is 0 Å². The second kappa shape index (κ2) is 4.41. The molecule has 1 aromatic heterocycles. The summed E-state index contributed by atoms with van der Waals surface area (Å²) in [6, 6.07) is 5.90. The molecule has 1 aromatic carbocycles. The molecule has 0 aliphatic rings. The lowest BCUT2D eigenvalue weighted by atomic mass is 10.2. The first-order valence-electron chi connectivity index (χ1n) is 5.20. The summed E-state index contributed by atoms with van der Waals surface area (Å²) >= 11 is 3.48. The Hall–Kier alpha value is -1.49. The van der Waals surface area contributed by atoms with Crippen LogP contribution in [0.1, 0.15) is 28.7 Å². The molecule has 17 heavy (non-hydrogen) atoms. The molecule has 0 amide bonds. The van der Waals surface area contributed by atoms with Crippen molar-refractivity contribution in [2.24, 2.45) is 0 Å². The molecule has 1 heterocycles. The number of halogens is 1. The largest absolute Gasteiger partial charge is 0.293 e. The summed E-state index contributed by atoms with van der Waals surface area (Å²) in [5, 5.41) is 7.89. The Morgan fingerprint density at radius 3 is 2.59 bits per heavy atom. The number of hydrogen-bond acceptors (Lipinski definition) is 3. The average molecular weight is 294 g/mol. The van der Waals surface area contributed by atoms with Crippen molar-refractivity contribution in [3.8, 4) is 5.69 Å². The number of rotatable bonds is 2. The van der Waals surface area contributed by atoms with Gasteiger partial charge in [-0.2, -0.15) is 0 Å². The standard InChI is InChI=1S/C12H12BrN3O/c1-7-4-5-10(6-11(7)13)16-8(2)12(9(3)17)14-15-16/h4-6H,1-3H3. The third-order valence-electron chi connectivity index (χ3n) is 2.63. The number of ketones is 1. The fourth-order valence-corrected chi connectivity index (χ4v) is 1.98. The van der Waals surface area contributed by atoms with E-state index in [1.165, 1.54) is 6.92 Å². The summed E-state index contributed by atoms with van der Waals surface area (Å²) in [7, 11) is 0. The van der Waals surface area contributed by atoms with Crippen molar-refractivity contribution >= 4 is 21.7 Å². The molecule has 2 rings (SSSR count). The van der Waals surface area contributed by atoms with Crippen molar-refractivity contribution in [3.05, 3.63) is 39.6 Å². The van der Waals surface area contributed by atoms with E-state index < -0.39 is 0 Å². The zero-order chi connectivity index (χ0) is 12.6. The van der Waals surface area contributed by atoms with Gasteiger partial charge in [-0.25, -0.2) is 4.68 Å². The van der Waals surface area contributed by atoms with E-state index in [2.05, 4.69) is 26.2 Å². The maximum atomic E-state index is 11.3. The van der Waals surface area contributed by atoms with Gasteiger partial charge in [-0.15, -0.1) is 5.10 Å². The number of hydrogen-bond donors (Lipinski definition) is 0. The zero-order valence-electron chi connectivity index (χ0n) is 9.86. The molecule has 0 N–H and O–H groups in total. The first-order chi connectivity index (χ1) is 8.00. The molecule has 0 aliphatic carbocycles. The lowest BCUT2D eigenvalue weighted by molar-refractivity contribution is 0.101. The molecule has 0 bridgehead atoms. The molecule has 0 unspecified atom stereocenters. The zero-order valence-corrected chi connectivity index (χ0v) is 11.4. The maximum Gasteiger partial charge on any atom is 0.181 e. The van der Waals surface area contributed by atoms with Crippen LogP contribution in [0, 0.1) is 13.8 Å². The SMILES string of the molecule is CC(=O)c1nnn(-c2ccc(C)c(Br)c2)c1C. The number of nitrogens with zero attached hydrogens (tertiary/aromatic N) is 3. The van der Waals surface area contributed by atoms with Crippen LogP contribution < -0.4 is 0 Å². The number of benzene rings is 1. The Morgan fingerprint density at radius 1 is 1.35 bits per heavy atom. The summed E-state index contributed by atoms with van der Waals surface area (Å²) in [6.07, 6.45) is 0. The van der Waals surface area contributed by atoms with Crippen molar-refractivity contribution < 1.29 is 4.79 Å². The van der Waals surface area contributed by atoms with Crippen LogP contribution in [-0.4, -0.2) is 20.8 Å². The highest BCUT2D eigenvalue weighted by atomic mass is 79.9. The maximum absolute atomic E-state index is 11.3. The van der Waals surface area contributed by atoms with E-state index >= 15 is 0 Å². The highest BCUT2D eigenvalue weighted by molar-refractivity contribution is 9.10. The monoisotopic (exact) mass is 293 g/mol. The molecular formula is C12H12BrN3O. The van der Waals surface area contributed by atoms with E-state index in [4.69, 9.17) is 0 Å². The highest BCUT2D eigenvalue weighted by Crippen LogP contribution is 2.21. The number of aromatic nitrogens is 3. The van der Waals surface area contributed by atoms with Gasteiger partial charge in [-0.1, -0.05) is 27.2 Å². The van der Waals surface area contributed by atoms with Crippen LogP contribution in [-0.2, 0) is 0 Å². The summed E-state index contributed by atoms with van der Waals surface area (Å²) in [4.78, 5) is 11.3. The predicted octanol–water partition coefficient (Wildman–Crippen LogP) is 2.85. The molecule has 0 aliphatic heterocycles. The van der Waals surface area contributed by atoms with Gasteiger partial charge in [0, 0.05) is 11.4 Å². The predicted molar refractivity (Wildman–Crippen MR) is 68.5 cm³/mol. The Labute approximate surface area is 108 Å². The van der Waals surface area contributed by atoms with Crippen LogP contribution in [0.25, 0.3) is 5.69 Å². The molecule has 0 radical (unpaired) electrons. The highest BCUT2D eigenvalue weighted by Gasteiger charge is 2.13. The van der Waals surface area contributed by atoms with Crippen LogP contribution in [0.3, 0.4) is 0 Å². The summed E-state index contributed by atoms with van der Waals surface area (Å²) in [6.45, 7) is 5.35. The van der Waals surface area contributed by atoms with Crippen molar-refractivity contribution in [1.82, 2.24) is 15.0 Å². The van der Waals surface area contributed by atoms with Crippen LogP contribution in [0.4, 0.5) is 0 Å². The van der Waals surface area contributed by atoms with E-state index in [-0.39, 0.29) is 5.78 Å². The number of Topliss-reactive ketones (excluding diaryl/α,β-unsaturated/α-hetero) is 1. The molecule has 5 heteroatoms. The van der Waals surface area contributed by atoms with Crippen molar-refractivity contribution in [1.29, 1.82) is 0 Å². The van der Waals surface area contributed by atoms with Gasteiger partial charge in [0.15, 0.2) is 11.5 Å².